The molecule has 0 aromatic carbocycles. The van der Waals surface area contributed by atoms with E-state index in [-0.39, 0.29) is 31.1 Å². The molecule has 6 heteroatoms. The first-order valence-electron chi connectivity index (χ1n) is 28.4. The molecule has 0 aliphatic rings. The maximum absolute atomic E-state index is 12.8. The van der Waals surface area contributed by atoms with Crippen LogP contribution in [0.15, 0.2) is 72.9 Å². The van der Waals surface area contributed by atoms with Gasteiger partial charge in [0.2, 0.25) is 0 Å². The van der Waals surface area contributed by atoms with Gasteiger partial charge in [-0.25, -0.2) is 0 Å². The molecule has 0 heterocycles. The Morgan fingerprint density at radius 1 is 0.313 bits per heavy atom. The normalized spacial score (nSPS) is 12.6. The van der Waals surface area contributed by atoms with Gasteiger partial charge in [-0.2, -0.15) is 0 Å². The number of unbranched alkanes of at least 4 members (excludes halogenated alkanes) is 28. The first kappa shape index (κ1) is 63.8. The molecule has 67 heavy (non-hydrogen) atoms. The van der Waals surface area contributed by atoms with E-state index in [4.69, 9.17) is 14.2 Å². The monoisotopic (exact) mass is 935 g/mol. The van der Waals surface area contributed by atoms with Gasteiger partial charge in [-0.3, -0.25) is 14.4 Å². The second-order valence-corrected chi connectivity index (χ2v) is 18.8. The van der Waals surface area contributed by atoms with E-state index in [2.05, 4.69) is 93.7 Å². The summed E-state index contributed by atoms with van der Waals surface area (Å²) in [5, 5.41) is 0. The lowest BCUT2D eigenvalue weighted by Gasteiger charge is -2.18. The molecule has 0 aromatic rings. The van der Waals surface area contributed by atoms with E-state index in [1.54, 1.807) is 0 Å². The molecule has 1 atom stereocenters. The van der Waals surface area contributed by atoms with Crippen LogP contribution in [-0.2, 0) is 28.6 Å². The smallest absolute Gasteiger partial charge is 0.306 e. The van der Waals surface area contributed by atoms with Gasteiger partial charge >= 0.3 is 17.9 Å². The van der Waals surface area contributed by atoms with Crippen molar-refractivity contribution in [2.24, 2.45) is 0 Å². The van der Waals surface area contributed by atoms with Gasteiger partial charge in [-0.05, 0) is 89.9 Å². The Labute approximate surface area is 414 Å². The molecule has 1 unspecified atom stereocenters. The van der Waals surface area contributed by atoms with Gasteiger partial charge in [0.15, 0.2) is 6.10 Å². The van der Waals surface area contributed by atoms with Crippen molar-refractivity contribution in [2.45, 2.75) is 284 Å². The molecule has 6 nitrogen and oxygen atoms in total. The fourth-order valence-electron chi connectivity index (χ4n) is 7.93. The second-order valence-electron chi connectivity index (χ2n) is 18.8. The van der Waals surface area contributed by atoms with Gasteiger partial charge in [0.25, 0.3) is 0 Å². The Hall–Kier alpha value is -3.15. The zero-order chi connectivity index (χ0) is 48.6. The molecule has 0 bridgehead atoms. The van der Waals surface area contributed by atoms with Crippen molar-refractivity contribution < 1.29 is 28.6 Å². The van der Waals surface area contributed by atoms with Crippen molar-refractivity contribution in [1.29, 1.82) is 0 Å². The highest BCUT2D eigenvalue weighted by molar-refractivity contribution is 5.71. The third-order valence-electron chi connectivity index (χ3n) is 12.2. The number of esters is 3. The number of carbonyl (C=O) groups excluding carboxylic acids is 3. The van der Waals surface area contributed by atoms with Gasteiger partial charge in [0.1, 0.15) is 13.2 Å². The first-order chi connectivity index (χ1) is 33.0. The topological polar surface area (TPSA) is 78.9 Å². The minimum Gasteiger partial charge on any atom is -0.462 e. The molecule has 0 aliphatic carbocycles. The highest BCUT2D eigenvalue weighted by atomic mass is 16.6. The lowest BCUT2D eigenvalue weighted by atomic mass is 10.1. The molecule has 0 amide bonds. The highest BCUT2D eigenvalue weighted by Crippen LogP contribution is 2.15. The molecule has 0 aliphatic heterocycles. The standard InChI is InChI=1S/C61H106O6/c1-4-7-10-13-16-18-20-22-24-26-28-29-30-31-32-33-34-36-37-39-41-43-45-48-51-54-60(63)66-57-58(56-65-59(62)53-50-47-15-12-9-6-3)67-61(64)55-52-49-46-44-42-40-38-35-27-25-23-21-19-17-14-11-8-5-2/h7,10,16,18,22,24-25,27-29,31-32,58H,4-6,8-9,11-15,17,19-21,23,26,30,33-57H2,1-3H3/b10-7-,18-16-,24-22-,27-25-,29-28-,32-31-. The number of rotatable bonds is 51. The SMILES string of the molecule is CC/C=C\C/C=C\C/C=C\C/C=C\C/C=C\CCCCCCCCCCCC(=O)OCC(COC(=O)CCCCCCCC)OC(=O)CCCCCCCCC/C=C\CCCCCCCCC. The molecule has 0 radical (unpaired) electrons. The van der Waals surface area contributed by atoms with Crippen LogP contribution < -0.4 is 0 Å². The van der Waals surface area contributed by atoms with Crippen molar-refractivity contribution >= 4 is 17.9 Å². The predicted molar refractivity (Wildman–Crippen MR) is 288 cm³/mol. The lowest BCUT2D eigenvalue weighted by Crippen LogP contribution is -2.30. The Balaban J connectivity index is 4.16. The second kappa shape index (κ2) is 55.4. The minimum absolute atomic E-state index is 0.0780. The van der Waals surface area contributed by atoms with Crippen LogP contribution in [0, 0.1) is 0 Å². The molecular formula is C61H106O6. The Morgan fingerprint density at radius 2 is 0.582 bits per heavy atom. The van der Waals surface area contributed by atoms with Gasteiger partial charge < -0.3 is 14.2 Å². The summed E-state index contributed by atoms with van der Waals surface area (Å²) < 4.78 is 16.8. The number of ether oxygens (including phenoxy) is 3. The lowest BCUT2D eigenvalue weighted by molar-refractivity contribution is -0.167. The summed E-state index contributed by atoms with van der Waals surface area (Å²) in [5.74, 6) is -0.892. The summed E-state index contributed by atoms with van der Waals surface area (Å²) in [7, 11) is 0. The zero-order valence-corrected chi connectivity index (χ0v) is 44.2. The molecule has 0 aromatic heterocycles. The molecule has 0 N–H and O–H groups in total. The van der Waals surface area contributed by atoms with Crippen LogP contribution in [0.25, 0.3) is 0 Å². The third kappa shape index (κ3) is 53.7. The average molecular weight is 936 g/mol. The molecular weight excluding hydrogens is 829 g/mol. The van der Waals surface area contributed by atoms with E-state index in [0.717, 1.165) is 96.3 Å². The summed E-state index contributed by atoms with van der Waals surface area (Å²) in [4.78, 5) is 37.9. The van der Waals surface area contributed by atoms with Crippen molar-refractivity contribution in [3.8, 4) is 0 Å². The summed E-state index contributed by atoms with van der Waals surface area (Å²) in [5.41, 5.74) is 0. The van der Waals surface area contributed by atoms with Gasteiger partial charge in [-0.15, -0.1) is 0 Å². The van der Waals surface area contributed by atoms with Crippen molar-refractivity contribution in [2.75, 3.05) is 13.2 Å². The van der Waals surface area contributed by atoms with Crippen LogP contribution >= 0.6 is 0 Å². The molecule has 0 spiro atoms. The Kier molecular flexibility index (Phi) is 52.8. The van der Waals surface area contributed by atoms with Crippen molar-refractivity contribution in [1.82, 2.24) is 0 Å². The molecule has 0 saturated carbocycles. The number of allylic oxidation sites excluding steroid dienone is 12. The van der Waals surface area contributed by atoms with Crippen LogP contribution in [0.4, 0.5) is 0 Å². The van der Waals surface area contributed by atoms with E-state index < -0.39 is 6.10 Å². The average Bonchev–Trinajstić information content (AvgIpc) is 3.33. The van der Waals surface area contributed by atoms with Crippen LogP contribution in [0.5, 0.6) is 0 Å². The molecule has 0 saturated heterocycles. The molecule has 0 fully saturated rings. The van der Waals surface area contributed by atoms with Crippen molar-refractivity contribution in [3.63, 3.8) is 0 Å². The summed E-state index contributed by atoms with van der Waals surface area (Å²) >= 11 is 0. The zero-order valence-electron chi connectivity index (χ0n) is 44.2. The Bertz CT molecular complexity index is 1260. The molecule has 0 rings (SSSR count). The summed E-state index contributed by atoms with van der Waals surface area (Å²) in [6.45, 7) is 6.47. The fraction of sp³-hybridized carbons (Fsp3) is 0.754. The Morgan fingerprint density at radius 3 is 0.925 bits per heavy atom. The van der Waals surface area contributed by atoms with E-state index in [1.165, 1.54) is 141 Å². The van der Waals surface area contributed by atoms with Crippen LogP contribution in [-0.4, -0.2) is 37.2 Å². The minimum atomic E-state index is -0.776. The van der Waals surface area contributed by atoms with Crippen LogP contribution in [0.2, 0.25) is 0 Å². The predicted octanol–water partition coefficient (Wildman–Crippen LogP) is 19.0. The van der Waals surface area contributed by atoms with Crippen molar-refractivity contribution in [3.05, 3.63) is 72.9 Å². The number of hydrogen-bond acceptors (Lipinski definition) is 6. The van der Waals surface area contributed by atoms with Crippen LogP contribution in [0.1, 0.15) is 278 Å². The van der Waals surface area contributed by atoms with E-state index in [9.17, 15) is 14.4 Å². The third-order valence-corrected chi connectivity index (χ3v) is 12.2. The van der Waals surface area contributed by atoms with Gasteiger partial charge in [0, 0.05) is 19.3 Å². The maximum atomic E-state index is 12.8. The van der Waals surface area contributed by atoms with E-state index in [1.807, 2.05) is 0 Å². The highest BCUT2D eigenvalue weighted by Gasteiger charge is 2.19. The first-order valence-corrected chi connectivity index (χ1v) is 28.4. The molecule has 386 valence electrons. The largest absolute Gasteiger partial charge is 0.462 e. The van der Waals surface area contributed by atoms with Crippen LogP contribution in [0.3, 0.4) is 0 Å². The quantitative estimate of drug-likeness (QED) is 0.0262. The summed E-state index contributed by atoms with van der Waals surface area (Å²) in [6, 6.07) is 0. The van der Waals surface area contributed by atoms with E-state index in [0.29, 0.717) is 19.3 Å². The number of hydrogen-bond donors (Lipinski definition) is 0. The van der Waals surface area contributed by atoms with Gasteiger partial charge in [-0.1, -0.05) is 241 Å². The van der Waals surface area contributed by atoms with E-state index >= 15 is 0 Å². The maximum Gasteiger partial charge on any atom is 0.306 e. The van der Waals surface area contributed by atoms with Gasteiger partial charge in [0.05, 0.1) is 0 Å². The fourth-order valence-corrected chi connectivity index (χ4v) is 7.93. The number of carbonyl (C=O) groups is 3. The summed E-state index contributed by atoms with van der Waals surface area (Å²) in [6.07, 6.45) is 70.6.